The van der Waals surface area contributed by atoms with Crippen LogP contribution in [0.15, 0.2) is 29.2 Å². The lowest BCUT2D eigenvalue weighted by atomic mass is 10.3. The van der Waals surface area contributed by atoms with Gasteiger partial charge in [-0.2, -0.15) is 0 Å². The Morgan fingerprint density at radius 3 is 2.64 bits per heavy atom. The van der Waals surface area contributed by atoms with E-state index in [0.29, 0.717) is 6.42 Å². The van der Waals surface area contributed by atoms with Crippen LogP contribution in [0.3, 0.4) is 0 Å². The van der Waals surface area contributed by atoms with E-state index in [2.05, 4.69) is 0 Å². The molecule has 0 heterocycles. The molecule has 4 heteroatoms. The predicted molar refractivity (Wildman–Crippen MR) is 55.0 cm³/mol. The molecule has 0 aliphatic rings. The Balaban J connectivity index is 2.38. The van der Waals surface area contributed by atoms with E-state index in [1.165, 1.54) is 0 Å². The first-order valence-corrected chi connectivity index (χ1v) is 5.13. The lowest BCUT2D eigenvalue weighted by Gasteiger charge is -2.01. The molecule has 0 aliphatic heterocycles. The van der Waals surface area contributed by atoms with Crippen LogP contribution in [0.2, 0.25) is 0 Å². The summed E-state index contributed by atoms with van der Waals surface area (Å²) in [5, 5.41) is 9.00. The minimum absolute atomic E-state index is 0.203. The Labute approximate surface area is 87.3 Å². The second-order valence-electron chi connectivity index (χ2n) is 2.78. The van der Waals surface area contributed by atoms with Crippen LogP contribution < -0.4 is 0 Å². The average molecular weight is 212 g/mol. The van der Waals surface area contributed by atoms with Gasteiger partial charge in [0.15, 0.2) is 0 Å². The Kier molecular flexibility index (Phi) is 4.32. The Bertz CT molecular complexity index is 295. The van der Waals surface area contributed by atoms with E-state index in [9.17, 15) is 4.79 Å². The van der Waals surface area contributed by atoms with Crippen LogP contribution in [-0.4, -0.2) is 11.1 Å². The van der Waals surface area contributed by atoms with Crippen LogP contribution in [0.25, 0.3) is 0 Å². The van der Waals surface area contributed by atoms with Crippen molar-refractivity contribution in [2.75, 3.05) is 0 Å². The predicted octanol–water partition coefficient (Wildman–Crippen LogP) is 2.74. The highest BCUT2D eigenvalue weighted by atomic mass is 32.2. The first-order valence-electron chi connectivity index (χ1n) is 4.38. The number of aromatic hydroxyl groups is 1. The summed E-state index contributed by atoms with van der Waals surface area (Å²) in [5.41, 5.74) is 0. The first-order chi connectivity index (χ1) is 6.72. The summed E-state index contributed by atoms with van der Waals surface area (Å²) in [6, 6.07) is 6.49. The molecular weight excluding hydrogens is 200 g/mol. The first kappa shape index (κ1) is 10.9. The zero-order valence-corrected chi connectivity index (χ0v) is 8.71. The molecule has 0 amide bonds. The highest BCUT2D eigenvalue weighted by molar-refractivity contribution is 7.95. The van der Waals surface area contributed by atoms with Crippen molar-refractivity contribution in [3.8, 4) is 5.75 Å². The van der Waals surface area contributed by atoms with Gasteiger partial charge in [-0.3, -0.25) is 4.79 Å². The van der Waals surface area contributed by atoms with Gasteiger partial charge in [0, 0.05) is 11.3 Å². The fourth-order valence-electron chi connectivity index (χ4n) is 0.842. The van der Waals surface area contributed by atoms with Gasteiger partial charge in [0.2, 0.25) is 0 Å². The van der Waals surface area contributed by atoms with Crippen molar-refractivity contribution in [1.82, 2.24) is 0 Å². The maximum absolute atomic E-state index is 11.0. The third kappa shape index (κ3) is 3.70. The van der Waals surface area contributed by atoms with E-state index in [-0.39, 0.29) is 11.7 Å². The standard InChI is InChI=1S/C10H12O3S/c1-2-3-10(12)13-14-9-6-4-8(11)5-7-9/h4-7,11H,2-3H2,1H3. The van der Waals surface area contributed by atoms with Crippen LogP contribution in [0, 0.1) is 0 Å². The number of hydrogen-bond donors (Lipinski definition) is 1. The number of hydrogen-bond acceptors (Lipinski definition) is 4. The molecule has 14 heavy (non-hydrogen) atoms. The fraction of sp³-hybridized carbons (Fsp3) is 0.300. The fourth-order valence-corrected chi connectivity index (χ4v) is 1.36. The van der Waals surface area contributed by atoms with Gasteiger partial charge in [0.05, 0.1) is 12.0 Å². The maximum atomic E-state index is 11.0. The van der Waals surface area contributed by atoms with Gasteiger partial charge >= 0.3 is 5.97 Å². The Morgan fingerprint density at radius 2 is 2.07 bits per heavy atom. The molecule has 0 atom stereocenters. The molecule has 0 fully saturated rings. The van der Waals surface area contributed by atoms with Gasteiger partial charge < -0.3 is 9.29 Å². The summed E-state index contributed by atoms with van der Waals surface area (Å²) in [5.74, 6) is -0.0141. The zero-order chi connectivity index (χ0) is 10.4. The zero-order valence-electron chi connectivity index (χ0n) is 7.90. The SMILES string of the molecule is CCCC(=O)OSc1ccc(O)cc1. The molecule has 0 spiro atoms. The largest absolute Gasteiger partial charge is 0.508 e. The summed E-state index contributed by atoms with van der Waals surface area (Å²) in [7, 11) is 0. The number of rotatable bonds is 4. The second-order valence-corrected chi connectivity index (χ2v) is 3.59. The van der Waals surface area contributed by atoms with E-state index in [1.54, 1.807) is 24.3 Å². The van der Waals surface area contributed by atoms with E-state index in [1.807, 2.05) is 6.92 Å². The number of benzene rings is 1. The minimum Gasteiger partial charge on any atom is -0.508 e. The van der Waals surface area contributed by atoms with Crippen molar-refractivity contribution in [2.45, 2.75) is 24.7 Å². The lowest BCUT2D eigenvalue weighted by Crippen LogP contribution is -1.96. The maximum Gasteiger partial charge on any atom is 0.318 e. The number of carbonyl (C=O) groups excluding carboxylic acids is 1. The number of phenols is 1. The summed E-state index contributed by atoms with van der Waals surface area (Å²) in [4.78, 5) is 11.8. The quantitative estimate of drug-likeness (QED) is 0.779. The number of carbonyl (C=O) groups is 1. The molecule has 0 saturated heterocycles. The highest BCUT2D eigenvalue weighted by Gasteiger charge is 2.02. The lowest BCUT2D eigenvalue weighted by molar-refractivity contribution is -0.133. The van der Waals surface area contributed by atoms with E-state index in [0.717, 1.165) is 23.4 Å². The molecular formula is C10H12O3S. The van der Waals surface area contributed by atoms with E-state index in [4.69, 9.17) is 9.29 Å². The summed E-state index contributed by atoms with van der Waals surface area (Å²) >= 11 is 1.02. The second kappa shape index (κ2) is 5.54. The summed E-state index contributed by atoms with van der Waals surface area (Å²) in [6.45, 7) is 1.92. The van der Waals surface area contributed by atoms with Crippen LogP contribution in [0.4, 0.5) is 0 Å². The topological polar surface area (TPSA) is 46.5 Å². The summed E-state index contributed by atoms with van der Waals surface area (Å²) in [6.07, 6.45) is 1.22. The molecule has 0 radical (unpaired) electrons. The summed E-state index contributed by atoms with van der Waals surface area (Å²) < 4.78 is 4.90. The minimum atomic E-state index is -0.217. The molecule has 0 unspecified atom stereocenters. The van der Waals surface area contributed by atoms with E-state index < -0.39 is 0 Å². The average Bonchev–Trinajstić information content (AvgIpc) is 2.17. The van der Waals surface area contributed by atoms with Gasteiger partial charge in [-0.15, -0.1) is 0 Å². The third-order valence-corrected chi connectivity index (χ3v) is 2.26. The monoisotopic (exact) mass is 212 g/mol. The van der Waals surface area contributed by atoms with Crippen molar-refractivity contribution in [2.24, 2.45) is 0 Å². The molecule has 0 saturated carbocycles. The Hall–Kier alpha value is -1.16. The molecule has 0 bridgehead atoms. The van der Waals surface area contributed by atoms with Gasteiger partial charge in [-0.25, -0.2) is 0 Å². The van der Waals surface area contributed by atoms with Crippen molar-refractivity contribution in [3.05, 3.63) is 24.3 Å². The molecule has 3 nitrogen and oxygen atoms in total. The van der Waals surface area contributed by atoms with Gasteiger partial charge in [-0.05, 0) is 30.7 Å². The van der Waals surface area contributed by atoms with Crippen LogP contribution in [-0.2, 0) is 8.98 Å². The van der Waals surface area contributed by atoms with Crippen molar-refractivity contribution < 1.29 is 14.1 Å². The van der Waals surface area contributed by atoms with Crippen LogP contribution in [0.5, 0.6) is 5.75 Å². The molecule has 0 aliphatic carbocycles. The van der Waals surface area contributed by atoms with E-state index >= 15 is 0 Å². The van der Waals surface area contributed by atoms with Crippen molar-refractivity contribution >= 4 is 18.0 Å². The smallest absolute Gasteiger partial charge is 0.318 e. The molecule has 0 aromatic heterocycles. The molecule has 1 rings (SSSR count). The van der Waals surface area contributed by atoms with Gasteiger partial charge in [0.1, 0.15) is 5.75 Å². The van der Waals surface area contributed by atoms with Crippen molar-refractivity contribution in [3.63, 3.8) is 0 Å². The molecule has 1 N–H and O–H groups in total. The van der Waals surface area contributed by atoms with Crippen LogP contribution in [0.1, 0.15) is 19.8 Å². The third-order valence-electron chi connectivity index (χ3n) is 1.52. The molecule has 1 aromatic rings. The van der Waals surface area contributed by atoms with Crippen molar-refractivity contribution in [1.29, 1.82) is 0 Å². The van der Waals surface area contributed by atoms with Gasteiger partial charge in [0.25, 0.3) is 0 Å². The Morgan fingerprint density at radius 1 is 1.43 bits per heavy atom. The molecule has 76 valence electrons. The number of phenolic OH excluding ortho intramolecular Hbond substituents is 1. The highest BCUT2D eigenvalue weighted by Crippen LogP contribution is 2.22. The normalized spacial score (nSPS) is 9.79. The van der Waals surface area contributed by atoms with Crippen LogP contribution >= 0.6 is 12.0 Å². The van der Waals surface area contributed by atoms with Gasteiger partial charge in [-0.1, -0.05) is 6.92 Å². The molecule has 1 aromatic carbocycles.